The highest BCUT2D eigenvalue weighted by Gasteiger charge is 2.21. The maximum absolute atomic E-state index is 2.45. The van der Waals surface area contributed by atoms with E-state index < -0.39 is 0 Å². The van der Waals surface area contributed by atoms with Gasteiger partial charge in [-0.1, -0.05) is 87.7 Å². The van der Waals surface area contributed by atoms with E-state index in [1.165, 1.54) is 71.2 Å². The van der Waals surface area contributed by atoms with Crippen molar-refractivity contribution in [3.63, 3.8) is 0 Å². The summed E-state index contributed by atoms with van der Waals surface area (Å²) in [5.41, 5.74) is 9.78. The van der Waals surface area contributed by atoms with Crippen molar-refractivity contribution in [1.82, 2.24) is 0 Å². The molecule has 0 amide bonds. The molecule has 0 fully saturated rings. The number of anilines is 1. The quantitative estimate of drug-likeness (QED) is 0.246. The summed E-state index contributed by atoms with van der Waals surface area (Å²) in [6.07, 6.45) is 6.43. The number of rotatable bonds is 12. The van der Waals surface area contributed by atoms with Gasteiger partial charge in [0.05, 0.1) is 0 Å². The molecule has 0 spiro atoms. The van der Waals surface area contributed by atoms with Crippen LogP contribution >= 0.6 is 0 Å². The lowest BCUT2D eigenvalue weighted by molar-refractivity contribution is 0.432. The molecule has 2 unspecified atom stereocenters. The highest BCUT2D eigenvalue weighted by atomic mass is 15.1. The van der Waals surface area contributed by atoms with Gasteiger partial charge in [-0.15, -0.1) is 0 Å². The summed E-state index contributed by atoms with van der Waals surface area (Å²) in [5.74, 6) is 1.11. The third-order valence-electron chi connectivity index (χ3n) is 7.59. The molecule has 2 atom stereocenters. The van der Waals surface area contributed by atoms with Crippen molar-refractivity contribution in [2.24, 2.45) is 5.92 Å². The van der Waals surface area contributed by atoms with Crippen LogP contribution in [-0.2, 0) is 6.42 Å². The molecule has 3 rings (SSSR count). The molecule has 34 heavy (non-hydrogen) atoms. The molecule has 0 N–H and O–H groups in total. The van der Waals surface area contributed by atoms with Crippen LogP contribution in [0.5, 0.6) is 0 Å². The molecule has 0 aliphatic heterocycles. The van der Waals surface area contributed by atoms with E-state index in [1.807, 2.05) is 0 Å². The fourth-order valence-corrected chi connectivity index (χ4v) is 5.49. The SMILES string of the molecule is CCCC(CC)CCc1ccc(C(c2ccccc2)c2ccc(N(CC)CC)cc2C)c(C)c1. The van der Waals surface area contributed by atoms with Crippen LogP contribution in [0.3, 0.4) is 0 Å². The van der Waals surface area contributed by atoms with Crippen LogP contribution in [0.1, 0.15) is 92.7 Å². The number of benzene rings is 3. The Kier molecular flexibility index (Phi) is 9.81. The predicted octanol–water partition coefficient (Wildman–Crippen LogP) is 9.09. The maximum Gasteiger partial charge on any atom is 0.0368 e. The van der Waals surface area contributed by atoms with E-state index in [4.69, 9.17) is 0 Å². The van der Waals surface area contributed by atoms with Gasteiger partial charge in [0, 0.05) is 24.7 Å². The highest BCUT2D eigenvalue weighted by Crippen LogP contribution is 2.37. The van der Waals surface area contributed by atoms with Crippen molar-refractivity contribution in [2.75, 3.05) is 18.0 Å². The molecule has 0 saturated heterocycles. The Morgan fingerprint density at radius 1 is 0.706 bits per heavy atom. The molecule has 0 aliphatic rings. The van der Waals surface area contributed by atoms with Crippen molar-refractivity contribution >= 4 is 5.69 Å². The Morgan fingerprint density at radius 3 is 1.91 bits per heavy atom. The third-order valence-corrected chi connectivity index (χ3v) is 7.59. The summed E-state index contributed by atoms with van der Waals surface area (Å²) in [7, 11) is 0. The van der Waals surface area contributed by atoms with Gasteiger partial charge in [-0.2, -0.15) is 0 Å². The molecule has 0 saturated carbocycles. The molecular weight excluding hydrogens is 410 g/mol. The molecule has 0 aliphatic carbocycles. The van der Waals surface area contributed by atoms with E-state index in [9.17, 15) is 0 Å². The summed E-state index contributed by atoms with van der Waals surface area (Å²) in [6.45, 7) is 15.8. The van der Waals surface area contributed by atoms with Crippen LogP contribution in [0.15, 0.2) is 66.7 Å². The van der Waals surface area contributed by atoms with Gasteiger partial charge >= 0.3 is 0 Å². The zero-order chi connectivity index (χ0) is 24.5. The van der Waals surface area contributed by atoms with Gasteiger partial charge in [0.1, 0.15) is 0 Å². The maximum atomic E-state index is 2.45. The molecule has 1 heteroatoms. The van der Waals surface area contributed by atoms with Gasteiger partial charge in [0.2, 0.25) is 0 Å². The van der Waals surface area contributed by atoms with Crippen molar-refractivity contribution in [2.45, 2.75) is 79.6 Å². The molecule has 0 aromatic heterocycles. The van der Waals surface area contributed by atoms with Crippen molar-refractivity contribution in [3.8, 4) is 0 Å². The number of nitrogens with zero attached hydrogens (tertiary/aromatic N) is 1. The minimum atomic E-state index is 0.254. The molecule has 3 aromatic carbocycles. The lowest BCUT2D eigenvalue weighted by Crippen LogP contribution is -2.22. The van der Waals surface area contributed by atoms with E-state index in [1.54, 1.807) is 0 Å². The van der Waals surface area contributed by atoms with Crippen molar-refractivity contribution < 1.29 is 0 Å². The van der Waals surface area contributed by atoms with E-state index in [0.717, 1.165) is 19.0 Å². The molecule has 0 radical (unpaired) electrons. The second-order valence-corrected chi connectivity index (χ2v) is 9.85. The number of aryl methyl sites for hydroxylation is 3. The first-order chi connectivity index (χ1) is 16.5. The van der Waals surface area contributed by atoms with Gasteiger partial charge in [-0.25, -0.2) is 0 Å². The summed E-state index contributed by atoms with van der Waals surface area (Å²) >= 11 is 0. The largest absolute Gasteiger partial charge is 0.372 e. The average molecular weight is 456 g/mol. The first kappa shape index (κ1) is 26.1. The topological polar surface area (TPSA) is 3.24 Å². The Balaban J connectivity index is 1.96. The summed E-state index contributed by atoms with van der Waals surface area (Å²) < 4.78 is 0. The Labute approximate surface area is 209 Å². The second kappa shape index (κ2) is 12.8. The van der Waals surface area contributed by atoms with E-state index in [-0.39, 0.29) is 5.92 Å². The van der Waals surface area contributed by atoms with Crippen LogP contribution in [-0.4, -0.2) is 13.1 Å². The van der Waals surface area contributed by atoms with Crippen molar-refractivity contribution in [3.05, 3.63) is 100 Å². The molecular formula is C33H45N. The van der Waals surface area contributed by atoms with Crippen molar-refractivity contribution in [1.29, 1.82) is 0 Å². The minimum absolute atomic E-state index is 0.254. The lowest BCUT2D eigenvalue weighted by atomic mass is 9.80. The predicted molar refractivity (Wildman–Crippen MR) is 150 cm³/mol. The van der Waals surface area contributed by atoms with Crippen LogP contribution in [0, 0.1) is 19.8 Å². The highest BCUT2D eigenvalue weighted by molar-refractivity contribution is 5.56. The zero-order valence-electron chi connectivity index (χ0n) is 22.4. The van der Waals surface area contributed by atoms with Gasteiger partial charge < -0.3 is 4.90 Å². The van der Waals surface area contributed by atoms with Crippen LogP contribution in [0.4, 0.5) is 5.69 Å². The van der Waals surface area contributed by atoms with Crippen LogP contribution in [0.2, 0.25) is 0 Å². The van der Waals surface area contributed by atoms with E-state index in [0.29, 0.717) is 0 Å². The van der Waals surface area contributed by atoms with Crippen LogP contribution < -0.4 is 4.90 Å². The smallest absolute Gasteiger partial charge is 0.0368 e. The molecule has 0 heterocycles. The standard InChI is InChI=1S/C33H45N/c1-7-14-27(8-2)17-18-28-19-21-31(25(5)23-28)33(29-15-12-11-13-16-29)32-22-20-30(24-26(32)6)34(9-3)10-4/h11-13,15-16,19-24,27,33H,7-10,14,17-18H2,1-6H3. The Hall–Kier alpha value is -2.54. The van der Waals surface area contributed by atoms with Crippen LogP contribution in [0.25, 0.3) is 0 Å². The molecule has 3 aromatic rings. The number of hydrogen-bond acceptors (Lipinski definition) is 1. The summed E-state index contributed by atoms with van der Waals surface area (Å²) in [4.78, 5) is 2.43. The van der Waals surface area contributed by atoms with Gasteiger partial charge in [0.15, 0.2) is 0 Å². The minimum Gasteiger partial charge on any atom is -0.372 e. The first-order valence-electron chi connectivity index (χ1n) is 13.5. The average Bonchev–Trinajstić information content (AvgIpc) is 2.85. The lowest BCUT2D eigenvalue weighted by Gasteiger charge is -2.26. The van der Waals surface area contributed by atoms with Gasteiger partial charge in [-0.3, -0.25) is 0 Å². The van der Waals surface area contributed by atoms with E-state index >= 15 is 0 Å². The second-order valence-electron chi connectivity index (χ2n) is 9.85. The summed E-state index contributed by atoms with van der Waals surface area (Å²) in [6, 6.07) is 25.3. The zero-order valence-corrected chi connectivity index (χ0v) is 22.4. The van der Waals surface area contributed by atoms with Gasteiger partial charge in [0.25, 0.3) is 0 Å². The molecule has 182 valence electrons. The fraction of sp³-hybridized carbons (Fsp3) is 0.455. The first-order valence-corrected chi connectivity index (χ1v) is 13.5. The monoisotopic (exact) mass is 455 g/mol. The third kappa shape index (κ3) is 6.32. The number of hydrogen-bond donors (Lipinski definition) is 0. The van der Waals surface area contributed by atoms with E-state index in [2.05, 4.69) is 113 Å². The fourth-order valence-electron chi connectivity index (χ4n) is 5.49. The molecule has 0 bridgehead atoms. The normalized spacial score (nSPS) is 13.0. The summed E-state index contributed by atoms with van der Waals surface area (Å²) in [5, 5.41) is 0. The Morgan fingerprint density at radius 2 is 1.35 bits per heavy atom. The van der Waals surface area contributed by atoms with Gasteiger partial charge in [-0.05, 0) is 92.0 Å². The Bertz CT molecular complexity index is 1020. The molecule has 1 nitrogen and oxygen atoms in total.